The summed E-state index contributed by atoms with van der Waals surface area (Å²) in [4.78, 5) is 11.0. The summed E-state index contributed by atoms with van der Waals surface area (Å²) < 4.78 is 10.1. The third-order valence-electron chi connectivity index (χ3n) is 2.73. The van der Waals surface area contributed by atoms with Crippen molar-refractivity contribution in [3.05, 3.63) is 23.8 Å². The van der Waals surface area contributed by atoms with Crippen molar-refractivity contribution in [1.82, 2.24) is 0 Å². The van der Waals surface area contributed by atoms with E-state index in [0.29, 0.717) is 12.3 Å². The van der Waals surface area contributed by atoms with Crippen molar-refractivity contribution in [2.24, 2.45) is 0 Å². The van der Waals surface area contributed by atoms with Crippen molar-refractivity contribution in [3.8, 4) is 5.75 Å². The van der Waals surface area contributed by atoms with Crippen LogP contribution in [0, 0.1) is 0 Å². The van der Waals surface area contributed by atoms with Crippen LogP contribution in [0.4, 0.5) is 10.5 Å². The molecule has 0 saturated heterocycles. The van der Waals surface area contributed by atoms with Crippen LogP contribution >= 0.6 is 0 Å². The summed E-state index contributed by atoms with van der Waals surface area (Å²) in [6, 6.07) is 5.65. The molecule has 0 fully saturated rings. The van der Waals surface area contributed by atoms with Gasteiger partial charge in [0.15, 0.2) is 0 Å². The molecule has 0 aliphatic carbocycles. The third-order valence-corrected chi connectivity index (χ3v) is 2.73. The summed E-state index contributed by atoms with van der Waals surface area (Å²) in [5, 5.41) is 2.61. The van der Waals surface area contributed by atoms with Crippen LogP contribution in [0.3, 0.4) is 0 Å². The Bertz CT molecular complexity index is 426. The van der Waals surface area contributed by atoms with Gasteiger partial charge in [-0.05, 0) is 6.07 Å². The smallest absolute Gasteiger partial charge is 0.411 e. The Kier molecular flexibility index (Phi) is 2.50. The Labute approximate surface area is 94.6 Å². The molecule has 0 saturated carbocycles. The first kappa shape index (κ1) is 10.8. The van der Waals surface area contributed by atoms with Crippen molar-refractivity contribution >= 4 is 11.8 Å². The largest absolute Gasteiger partial charge is 0.492 e. The molecule has 0 aromatic heterocycles. The Balaban J connectivity index is 2.25. The lowest BCUT2D eigenvalue weighted by molar-refractivity contribution is 0.187. The second kappa shape index (κ2) is 3.70. The Morgan fingerprint density at radius 2 is 2.25 bits per heavy atom. The molecule has 1 heterocycles. The van der Waals surface area contributed by atoms with Crippen LogP contribution in [0.15, 0.2) is 18.2 Å². The molecule has 1 aromatic rings. The molecular weight excluding hydrogens is 206 g/mol. The van der Waals surface area contributed by atoms with Gasteiger partial charge in [-0.2, -0.15) is 0 Å². The van der Waals surface area contributed by atoms with E-state index in [1.54, 1.807) is 0 Å². The molecule has 86 valence electrons. The van der Waals surface area contributed by atoms with Crippen LogP contribution in [0.2, 0.25) is 0 Å². The number of fused-ring (bicyclic) bond motifs is 1. The Morgan fingerprint density at radius 3 is 2.94 bits per heavy atom. The monoisotopic (exact) mass is 221 g/mol. The lowest BCUT2D eigenvalue weighted by atomic mass is 9.87. The van der Waals surface area contributed by atoms with E-state index in [2.05, 4.69) is 23.9 Å². The molecule has 4 nitrogen and oxygen atoms in total. The average Bonchev–Trinajstić information content (AvgIpc) is 2.54. The number of carbonyl (C=O) groups is 1. The van der Waals surface area contributed by atoms with E-state index in [9.17, 15) is 4.79 Å². The van der Waals surface area contributed by atoms with Crippen molar-refractivity contribution < 1.29 is 14.3 Å². The molecule has 1 aliphatic rings. The third kappa shape index (κ3) is 1.83. The van der Waals surface area contributed by atoms with Crippen molar-refractivity contribution in [2.75, 3.05) is 19.0 Å². The summed E-state index contributed by atoms with van der Waals surface area (Å²) in [6.45, 7) is 4.93. The van der Waals surface area contributed by atoms with Gasteiger partial charge in [0, 0.05) is 22.7 Å². The van der Waals surface area contributed by atoms with E-state index in [0.717, 1.165) is 5.75 Å². The fourth-order valence-corrected chi connectivity index (χ4v) is 1.78. The fraction of sp³-hybridized carbons (Fsp3) is 0.417. The molecule has 0 atom stereocenters. The van der Waals surface area contributed by atoms with Crippen molar-refractivity contribution in [3.63, 3.8) is 0 Å². The summed E-state index contributed by atoms with van der Waals surface area (Å²) in [5.41, 5.74) is 1.89. The Morgan fingerprint density at radius 1 is 1.50 bits per heavy atom. The average molecular weight is 221 g/mol. The zero-order chi connectivity index (χ0) is 11.8. The van der Waals surface area contributed by atoms with Gasteiger partial charge in [0.05, 0.1) is 13.7 Å². The highest BCUT2D eigenvalue weighted by Gasteiger charge is 2.31. The molecule has 2 rings (SSSR count). The molecule has 16 heavy (non-hydrogen) atoms. The summed E-state index contributed by atoms with van der Waals surface area (Å²) in [6.07, 6.45) is -0.475. The first-order chi connectivity index (χ1) is 7.53. The van der Waals surface area contributed by atoms with Gasteiger partial charge in [-0.3, -0.25) is 5.32 Å². The first-order valence-corrected chi connectivity index (χ1v) is 5.15. The van der Waals surface area contributed by atoms with Crippen LogP contribution < -0.4 is 10.1 Å². The lowest BCUT2D eigenvalue weighted by Gasteiger charge is -2.15. The number of ether oxygens (including phenoxy) is 2. The molecular formula is C12H15NO3. The number of anilines is 1. The lowest BCUT2D eigenvalue weighted by Crippen LogP contribution is -2.18. The predicted molar refractivity (Wildman–Crippen MR) is 61.0 cm³/mol. The molecule has 1 aromatic carbocycles. The van der Waals surface area contributed by atoms with Gasteiger partial charge in [0.2, 0.25) is 0 Å². The minimum absolute atomic E-state index is 0.0408. The maximum Gasteiger partial charge on any atom is 0.411 e. The fourth-order valence-electron chi connectivity index (χ4n) is 1.78. The predicted octanol–water partition coefficient (Wildman–Crippen LogP) is 2.53. The Hall–Kier alpha value is -1.71. The molecule has 1 N–H and O–H groups in total. The number of benzene rings is 1. The van der Waals surface area contributed by atoms with E-state index in [-0.39, 0.29) is 5.41 Å². The molecule has 0 bridgehead atoms. The number of carbonyl (C=O) groups excluding carboxylic acids is 1. The maximum absolute atomic E-state index is 11.0. The molecule has 0 unspecified atom stereocenters. The van der Waals surface area contributed by atoms with Gasteiger partial charge in [0.1, 0.15) is 5.75 Å². The highest BCUT2D eigenvalue weighted by molar-refractivity contribution is 5.85. The van der Waals surface area contributed by atoms with E-state index in [4.69, 9.17) is 4.74 Å². The standard InChI is InChI=1S/C12H15NO3/c1-12(2)7-16-10-6-8(4-5-9(10)12)13-11(14)15-3/h4-6H,7H2,1-3H3,(H,13,14). The highest BCUT2D eigenvalue weighted by atomic mass is 16.5. The zero-order valence-electron chi connectivity index (χ0n) is 9.66. The van der Waals surface area contributed by atoms with Crippen LogP contribution in [0.25, 0.3) is 0 Å². The number of amides is 1. The van der Waals surface area contributed by atoms with Crippen molar-refractivity contribution in [2.45, 2.75) is 19.3 Å². The van der Waals surface area contributed by atoms with E-state index in [1.807, 2.05) is 18.2 Å². The first-order valence-electron chi connectivity index (χ1n) is 5.15. The maximum atomic E-state index is 11.0. The van der Waals surface area contributed by atoms with Crippen molar-refractivity contribution in [1.29, 1.82) is 0 Å². The number of hydrogen-bond acceptors (Lipinski definition) is 3. The second-order valence-corrected chi connectivity index (χ2v) is 4.50. The molecule has 1 aliphatic heterocycles. The minimum Gasteiger partial charge on any atom is -0.492 e. The zero-order valence-corrected chi connectivity index (χ0v) is 9.66. The second-order valence-electron chi connectivity index (χ2n) is 4.50. The topological polar surface area (TPSA) is 47.6 Å². The van der Waals surface area contributed by atoms with Gasteiger partial charge in [-0.25, -0.2) is 4.79 Å². The van der Waals surface area contributed by atoms with Gasteiger partial charge >= 0.3 is 6.09 Å². The summed E-state index contributed by atoms with van der Waals surface area (Å²) in [7, 11) is 1.34. The summed E-state index contributed by atoms with van der Waals surface area (Å²) in [5.74, 6) is 0.832. The molecule has 1 amide bonds. The van der Waals surface area contributed by atoms with Crippen LogP contribution in [0.1, 0.15) is 19.4 Å². The quantitative estimate of drug-likeness (QED) is 0.792. The summed E-state index contributed by atoms with van der Waals surface area (Å²) >= 11 is 0. The van der Waals surface area contributed by atoms with Gasteiger partial charge in [0.25, 0.3) is 0 Å². The van der Waals surface area contributed by atoms with Crippen LogP contribution in [0.5, 0.6) is 5.75 Å². The number of nitrogens with one attached hydrogen (secondary N) is 1. The normalized spacial score (nSPS) is 16.2. The molecule has 0 spiro atoms. The molecule has 0 radical (unpaired) electrons. The highest BCUT2D eigenvalue weighted by Crippen LogP contribution is 2.39. The van der Waals surface area contributed by atoms with E-state index in [1.165, 1.54) is 12.7 Å². The van der Waals surface area contributed by atoms with E-state index >= 15 is 0 Å². The van der Waals surface area contributed by atoms with Crippen LogP contribution in [-0.2, 0) is 10.2 Å². The van der Waals surface area contributed by atoms with Gasteiger partial charge < -0.3 is 9.47 Å². The van der Waals surface area contributed by atoms with Gasteiger partial charge in [-0.15, -0.1) is 0 Å². The number of rotatable bonds is 1. The molecule has 4 heteroatoms. The number of hydrogen-bond donors (Lipinski definition) is 1. The van der Waals surface area contributed by atoms with Crippen LogP contribution in [-0.4, -0.2) is 19.8 Å². The van der Waals surface area contributed by atoms with E-state index < -0.39 is 6.09 Å². The number of methoxy groups -OCH3 is 1. The minimum atomic E-state index is -0.475. The SMILES string of the molecule is COC(=O)Nc1ccc2c(c1)OCC2(C)C. The van der Waals surface area contributed by atoms with Gasteiger partial charge in [-0.1, -0.05) is 19.9 Å².